The summed E-state index contributed by atoms with van der Waals surface area (Å²) in [6.07, 6.45) is 8.49. The number of hydrogen-bond acceptors (Lipinski definition) is 5. The van der Waals surface area contributed by atoms with Crippen molar-refractivity contribution in [3.8, 4) is 11.5 Å². The number of hydrogen-bond donors (Lipinski definition) is 0. The maximum absolute atomic E-state index is 12.5. The van der Waals surface area contributed by atoms with Gasteiger partial charge in [-0.3, -0.25) is 14.6 Å². The number of methoxy groups -OCH3 is 2. The smallest absolute Gasteiger partial charge is 0.210 e. The Labute approximate surface area is 147 Å². The Kier molecular flexibility index (Phi) is 6.46. The number of allylic oxidation sites excluding steroid dienone is 5. The van der Waals surface area contributed by atoms with Gasteiger partial charge in [0.05, 0.1) is 25.5 Å². The second-order valence-electron chi connectivity index (χ2n) is 5.24. The van der Waals surface area contributed by atoms with Gasteiger partial charge in [-0.1, -0.05) is 24.3 Å². The van der Waals surface area contributed by atoms with Crippen LogP contribution in [0, 0.1) is 0 Å². The summed E-state index contributed by atoms with van der Waals surface area (Å²) in [5.41, 5.74) is 1.21. The van der Waals surface area contributed by atoms with Crippen molar-refractivity contribution < 1.29 is 19.1 Å². The van der Waals surface area contributed by atoms with E-state index < -0.39 is 0 Å². The first kappa shape index (κ1) is 18.4. The van der Waals surface area contributed by atoms with E-state index in [4.69, 9.17) is 9.47 Å². The number of benzene rings is 1. The second kappa shape index (κ2) is 8.78. The van der Waals surface area contributed by atoms with Crippen molar-refractivity contribution in [1.82, 2.24) is 0 Å². The zero-order chi connectivity index (χ0) is 18.2. The normalized spacial score (nSPS) is 16.0. The summed E-state index contributed by atoms with van der Waals surface area (Å²) in [5.74, 6) is 0.412. The van der Waals surface area contributed by atoms with E-state index in [1.807, 2.05) is 13.0 Å². The van der Waals surface area contributed by atoms with Crippen molar-refractivity contribution in [1.29, 1.82) is 0 Å². The quantitative estimate of drug-likeness (QED) is 0.590. The van der Waals surface area contributed by atoms with Gasteiger partial charge in [0.15, 0.2) is 17.3 Å². The van der Waals surface area contributed by atoms with Crippen LogP contribution in [0.2, 0.25) is 0 Å². The number of nitrogens with zero attached hydrogens (tertiary/aromatic N) is 1. The van der Waals surface area contributed by atoms with Crippen LogP contribution in [0.3, 0.4) is 0 Å². The number of rotatable bonds is 6. The maximum atomic E-state index is 12.5. The van der Waals surface area contributed by atoms with Crippen LogP contribution in [0.5, 0.6) is 11.5 Å². The molecule has 0 heterocycles. The summed E-state index contributed by atoms with van der Waals surface area (Å²) in [5, 5.41) is 0. The minimum absolute atomic E-state index is 0.110. The fourth-order valence-electron chi connectivity index (χ4n) is 2.49. The van der Waals surface area contributed by atoms with Gasteiger partial charge in [0, 0.05) is 18.5 Å². The van der Waals surface area contributed by atoms with E-state index in [0.717, 1.165) is 0 Å². The van der Waals surface area contributed by atoms with Gasteiger partial charge in [-0.2, -0.15) is 0 Å². The SMILES string of the molecule is CCN=C1CC=CC=C(C(=O)/C=C/c2cccc(OC)c2OC)C1=O. The Morgan fingerprint density at radius 3 is 2.76 bits per heavy atom. The van der Waals surface area contributed by atoms with Crippen LogP contribution in [0.1, 0.15) is 18.9 Å². The van der Waals surface area contributed by atoms with Crippen LogP contribution in [-0.2, 0) is 9.59 Å². The number of ketones is 2. The highest BCUT2D eigenvalue weighted by atomic mass is 16.5. The minimum atomic E-state index is -0.370. The average molecular weight is 339 g/mol. The van der Waals surface area contributed by atoms with Crippen LogP contribution in [-0.4, -0.2) is 38.0 Å². The van der Waals surface area contributed by atoms with E-state index in [0.29, 0.717) is 35.7 Å². The van der Waals surface area contributed by atoms with Crippen molar-refractivity contribution >= 4 is 23.4 Å². The molecule has 0 aliphatic heterocycles. The van der Waals surface area contributed by atoms with Crippen LogP contribution in [0.15, 0.2) is 53.1 Å². The number of para-hydroxylation sites is 1. The molecule has 0 spiro atoms. The number of carbonyl (C=O) groups is 2. The van der Waals surface area contributed by atoms with E-state index in [1.165, 1.54) is 19.3 Å². The second-order valence-corrected chi connectivity index (χ2v) is 5.24. The van der Waals surface area contributed by atoms with E-state index >= 15 is 0 Å². The van der Waals surface area contributed by atoms with Crippen molar-refractivity contribution in [2.24, 2.45) is 4.99 Å². The van der Waals surface area contributed by atoms with Gasteiger partial charge in [-0.25, -0.2) is 0 Å². The highest BCUT2D eigenvalue weighted by Gasteiger charge is 2.21. The Morgan fingerprint density at radius 1 is 1.28 bits per heavy atom. The van der Waals surface area contributed by atoms with Gasteiger partial charge in [-0.15, -0.1) is 0 Å². The molecule has 25 heavy (non-hydrogen) atoms. The molecule has 0 unspecified atom stereocenters. The third-order valence-corrected chi connectivity index (χ3v) is 3.68. The van der Waals surface area contributed by atoms with Crippen LogP contribution in [0.25, 0.3) is 6.08 Å². The highest BCUT2D eigenvalue weighted by Crippen LogP contribution is 2.31. The van der Waals surface area contributed by atoms with E-state index in [9.17, 15) is 9.59 Å². The summed E-state index contributed by atoms with van der Waals surface area (Å²) in [6.45, 7) is 2.36. The van der Waals surface area contributed by atoms with Crippen molar-refractivity contribution in [3.05, 3.63) is 53.6 Å². The molecule has 0 atom stereocenters. The Morgan fingerprint density at radius 2 is 2.08 bits per heavy atom. The molecule has 0 radical (unpaired) electrons. The first-order valence-electron chi connectivity index (χ1n) is 8.00. The maximum Gasteiger partial charge on any atom is 0.210 e. The van der Waals surface area contributed by atoms with Crippen LogP contribution >= 0.6 is 0 Å². The zero-order valence-corrected chi connectivity index (χ0v) is 14.6. The lowest BCUT2D eigenvalue weighted by Crippen LogP contribution is -2.20. The highest BCUT2D eigenvalue weighted by molar-refractivity contribution is 6.53. The molecule has 2 rings (SSSR count). The molecule has 5 heteroatoms. The van der Waals surface area contributed by atoms with E-state index in [1.54, 1.807) is 37.5 Å². The molecule has 1 aromatic carbocycles. The zero-order valence-electron chi connectivity index (χ0n) is 14.6. The molecule has 130 valence electrons. The first-order chi connectivity index (χ1) is 12.1. The van der Waals surface area contributed by atoms with Crippen LogP contribution in [0.4, 0.5) is 0 Å². The fraction of sp³-hybridized carbons (Fsp3) is 0.250. The minimum Gasteiger partial charge on any atom is -0.493 e. The first-order valence-corrected chi connectivity index (χ1v) is 8.00. The van der Waals surface area contributed by atoms with Gasteiger partial charge >= 0.3 is 0 Å². The molecule has 1 aromatic rings. The van der Waals surface area contributed by atoms with Gasteiger partial charge in [0.2, 0.25) is 5.78 Å². The fourth-order valence-corrected chi connectivity index (χ4v) is 2.49. The molecule has 0 aromatic heterocycles. The molecular weight excluding hydrogens is 318 g/mol. The van der Waals surface area contributed by atoms with Crippen molar-refractivity contribution in [2.45, 2.75) is 13.3 Å². The molecule has 0 bridgehead atoms. The topological polar surface area (TPSA) is 65.0 Å². The number of Topliss-reactive ketones (excluding diaryl/α,β-unsaturated/α-hetero) is 1. The molecule has 0 N–H and O–H groups in total. The molecule has 0 amide bonds. The monoisotopic (exact) mass is 339 g/mol. The molecule has 1 aliphatic rings. The predicted molar refractivity (Wildman–Crippen MR) is 98.4 cm³/mol. The van der Waals surface area contributed by atoms with E-state index in [2.05, 4.69) is 4.99 Å². The van der Waals surface area contributed by atoms with Crippen molar-refractivity contribution in [2.75, 3.05) is 20.8 Å². The number of aliphatic imine (C=N–C) groups is 1. The standard InChI is InChI=1S/C20H21NO4/c1-4-21-16-10-6-5-9-15(19(16)23)17(22)13-12-14-8-7-11-18(24-2)20(14)25-3/h5-9,11-13H,4,10H2,1-3H3/b13-12+,21-16?. The summed E-state index contributed by atoms with van der Waals surface area (Å²) in [4.78, 5) is 29.2. The third-order valence-electron chi connectivity index (χ3n) is 3.68. The van der Waals surface area contributed by atoms with Crippen molar-refractivity contribution in [3.63, 3.8) is 0 Å². The molecule has 0 fully saturated rings. The number of carbonyl (C=O) groups excluding carboxylic acids is 2. The summed E-state index contributed by atoms with van der Waals surface area (Å²) < 4.78 is 10.6. The molecular formula is C20H21NO4. The summed E-state index contributed by atoms with van der Waals surface area (Å²) in [7, 11) is 3.08. The summed E-state index contributed by atoms with van der Waals surface area (Å²) in [6, 6.07) is 5.38. The molecule has 1 aliphatic carbocycles. The molecule has 5 nitrogen and oxygen atoms in total. The van der Waals surface area contributed by atoms with Gasteiger partial charge in [0.1, 0.15) is 0 Å². The molecule has 0 saturated heterocycles. The Balaban J connectivity index is 2.29. The van der Waals surface area contributed by atoms with Gasteiger partial charge < -0.3 is 9.47 Å². The number of ether oxygens (including phenoxy) is 2. The lowest BCUT2D eigenvalue weighted by atomic mass is 10.0. The average Bonchev–Trinajstić information content (AvgIpc) is 2.81. The lowest BCUT2D eigenvalue weighted by molar-refractivity contribution is -0.116. The van der Waals surface area contributed by atoms with Gasteiger partial charge in [0.25, 0.3) is 0 Å². The van der Waals surface area contributed by atoms with E-state index in [-0.39, 0.29) is 17.1 Å². The van der Waals surface area contributed by atoms with Gasteiger partial charge in [-0.05, 0) is 31.2 Å². The lowest BCUT2D eigenvalue weighted by Gasteiger charge is -2.09. The third kappa shape index (κ3) is 4.32. The largest absolute Gasteiger partial charge is 0.493 e. The Bertz CT molecular complexity index is 785. The predicted octanol–water partition coefficient (Wildman–Crippen LogP) is 3.20. The molecule has 0 saturated carbocycles. The summed E-state index contributed by atoms with van der Waals surface area (Å²) >= 11 is 0. The van der Waals surface area contributed by atoms with Crippen LogP contribution < -0.4 is 9.47 Å². The Hall–Kier alpha value is -2.95.